The minimum atomic E-state index is -0.303. The summed E-state index contributed by atoms with van der Waals surface area (Å²) in [6.45, 7) is 0. The van der Waals surface area contributed by atoms with Crippen LogP contribution in [0, 0.1) is 0 Å². The second-order valence-corrected chi connectivity index (χ2v) is 7.61. The number of rotatable bonds is 6. The van der Waals surface area contributed by atoms with Crippen LogP contribution in [0.25, 0.3) is 0 Å². The topological polar surface area (TPSA) is 96.2 Å². The van der Waals surface area contributed by atoms with Crippen LogP contribution >= 0.6 is 0 Å². The zero-order valence-electron chi connectivity index (χ0n) is 17.2. The van der Waals surface area contributed by atoms with Gasteiger partial charge in [0.15, 0.2) is 5.78 Å². The highest BCUT2D eigenvalue weighted by atomic mass is 16.5. The quantitative estimate of drug-likeness (QED) is 0.501. The molecule has 1 atom stereocenters. The van der Waals surface area contributed by atoms with Gasteiger partial charge in [-0.15, -0.1) is 0 Å². The molecule has 1 aliphatic rings. The van der Waals surface area contributed by atoms with E-state index in [-0.39, 0.29) is 41.1 Å². The lowest BCUT2D eigenvalue weighted by atomic mass is 9.92. The normalized spacial score (nSPS) is 15.1. The standard InChI is InChI=1S/C25H24O6/c1-30-23-14-21(29)24(20(28)12-4-15-2-7-17(26)8-3-15)25-19(23)11-13-22(31-25)16-5-9-18(27)10-6-16/h2-3,5-10,14,22,26-27,29H,4,11-13H2,1H3/t22-/m1/s1. The third-order valence-corrected chi connectivity index (χ3v) is 5.58. The van der Waals surface area contributed by atoms with Crippen LogP contribution in [-0.4, -0.2) is 28.2 Å². The molecule has 0 unspecified atom stereocenters. The minimum absolute atomic E-state index is 0.165. The zero-order valence-corrected chi connectivity index (χ0v) is 17.2. The molecule has 1 heterocycles. The summed E-state index contributed by atoms with van der Waals surface area (Å²) in [5.74, 6) is 0.798. The van der Waals surface area contributed by atoms with Crippen molar-refractivity contribution in [3.05, 3.63) is 76.9 Å². The van der Waals surface area contributed by atoms with Gasteiger partial charge in [0.2, 0.25) is 0 Å². The van der Waals surface area contributed by atoms with E-state index in [1.807, 2.05) is 0 Å². The molecule has 0 amide bonds. The van der Waals surface area contributed by atoms with Crippen molar-refractivity contribution in [2.24, 2.45) is 0 Å². The molecule has 3 N–H and O–H groups in total. The van der Waals surface area contributed by atoms with Crippen molar-refractivity contribution in [3.8, 4) is 28.7 Å². The van der Waals surface area contributed by atoms with Crippen molar-refractivity contribution in [1.82, 2.24) is 0 Å². The van der Waals surface area contributed by atoms with Crippen LogP contribution in [0.4, 0.5) is 0 Å². The van der Waals surface area contributed by atoms with E-state index in [0.717, 1.165) is 16.7 Å². The first-order chi connectivity index (χ1) is 15.0. The number of ether oxygens (including phenoxy) is 2. The molecule has 6 nitrogen and oxygen atoms in total. The smallest absolute Gasteiger partial charge is 0.170 e. The molecule has 1 aliphatic heterocycles. The Balaban J connectivity index is 1.64. The number of benzene rings is 3. The number of carbonyl (C=O) groups is 1. The van der Waals surface area contributed by atoms with Gasteiger partial charge in [0.1, 0.15) is 40.4 Å². The molecule has 0 fully saturated rings. The van der Waals surface area contributed by atoms with Gasteiger partial charge in [-0.3, -0.25) is 4.79 Å². The average Bonchev–Trinajstić information content (AvgIpc) is 2.78. The Morgan fingerprint density at radius 3 is 2.32 bits per heavy atom. The van der Waals surface area contributed by atoms with Gasteiger partial charge in [0.25, 0.3) is 0 Å². The first-order valence-electron chi connectivity index (χ1n) is 10.2. The number of fused-ring (bicyclic) bond motifs is 1. The summed E-state index contributed by atoms with van der Waals surface area (Å²) in [6.07, 6.45) is 1.66. The average molecular weight is 420 g/mol. The molecular weight excluding hydrogens is 396 g/mol. The van der Waals surface area contributed by atoms with Crippen molar-refractivity contribution in [3.63, 3.8) is 0 Å². The molecular formula is C25H24O6. The molecule has 0 saturated heterocycles. The fourth-order valence-corrected chi connectivity index (χ4v) is 3.93. The van der Waals surface area contributed by atoms with E-state index >= 15 is 0 Å². The van der Waals surface area contributed by atoms with Gasteiger partial charge < -0.3 is 24.8 Å². The van der Waals surface area contributed by atoms with Gasteiger partial charge >= 0.3 is 0 Å². The number of ketones is 1. The molecule has 0 bridgehead atoms. The summed E-state index contributed by atoms with van der Waals surface area (Å²) in [5, 5.41) is 29.6. The number of carbonyl (C=O) groups excluding carboxylic acids is 1. The van der Waals surface area contributed by atoms with Crippen molar-refractivity contribution < 1.29 is 29.6 Å². The number of phenols is 3. The van der Waals surface area contributed by atoms with E-state index in [2.05, 4.69) is 0 Å². The first-order valence-corrected chi connectivity index (χ1v) is 10.2. The van der Waals surface area contributed by atoms with E-state index in [9.17, 15) is 20.1 Å². The molecule has 160 valence electrons. The Labute approximate surface area is 180 Å². The Morgan fingerprint density at radius 1 is 1.03 bits per heavy atom. The fourth-order valence-electron chi connectivity index (χ4n) is 3.93. The second kappa shape index (κ2) is 8.60. The Bertz CT molecular complexity index is 1090. The maximum Gasteiger partial charge on any atom is 0.170 e. The van der Waals surface area contributed by atoms with Crippen molar-refractivity contribution in [2.45, 2.75) is 31.8 Å². The second-order valence-electron chi connectivity index (χ2n) is 7.61. The maximum atomic E-state index is 13.1. The molecule has 31 heavy (non-hydrogen) atoms. The zero-order chi connectivity index (χ0) is 22.0. The molecule has 0 aliphatic carbocycles. The summed E-state index contributed by atoms with van der Waals surface area (Å²) in [4.78, 5) is 13.1. The summed E-state index contributed by atoms with van der Waals surface area (Å²) in [6, 6.07) is 14.9. The van der Waals surface area contributed by atoms with Gasteiger partial charge in [-0.2, -0.15) is 0 Å². The number of methoxy groups -OCH3 is 1. The van der Waals surface area contributed by atoms with E-state index in [1.54, 1.807) is 48.5 Å². The molecule has 0 radical (unpaired) electrons. The van der Waals surface area contributed by atoms with Crippen molar-refractivity contribution in [2.75, 3.05) is 7.11 Å². The van der Waals surface area contributed by atoms with Gasteiger partial charge in [-0.25, -0.2) is 0 Å². The molecule has 0 spiro atoms. The van der Waals surface area contributed by atoms with Gasteiger partial charge in [0, 0.05) is 18.1 Å². The predicted molar refractivity (Wildman–Crippen MR) is 115 cm³/mol. The Morgan fingerprint density at radius 2 is 1.68 bits per heavy atom. The lowest BCUT2D eigenvalue weighted by Crippen LogP contribution is -2.19. The van der Waals surface area contributed by atoms with E-state index in [0.29, 0.717) is 30.8 Å². The van der Waals surface area contributed by atoms with E-state index in [1.165, 1.54) is 13.2 Å². The van der Waals surface area contributed by atoms with Crippen LogP contribution in [0.5, 0.6) is 28.7 Å². The molecule has 3 aromatic carbocycles. The summed E-state index contributed by atoms with van der Waals surface area (Å²) in [7, 11) is 1.52. The number of Topliss-reactive ketones (excluding diaryl/α,β-unsaturated/α-hetero) is 1. The van der Waals surface area contributed by atoms with Crippen LogP contribution in [0.15, 0.2) is 54.6 Å². The largest absolute Gasteiger partial charge is 0.508 e. The van der Waals surface area contributed by atoms with E-state index in [4.69, 9.17) is 9.47 Å². The Kier molecular flexibility index (Phi) is 5.71. The summed E-state index contributed by atoms with van der Waals surface area (Å²) in [5.41, 5.74) is 2.73. The highest BCUT2D eigenvalue weighted by Gasteiger charge is 2.31. The highest BCUT2D eigenvalue weighted by molar-refractivity contribution is 6.02. The van der Waals surface area contributed by atoms with Crippen molar-refractivity contribution >= 4 is 5.78 Å². The number of hydrogen-bond donors (Lipinski definition) is 3. The lowest BCUT2D eigenvalue weighted by Gasteiger charge is -2.29. The fraction of sp³-hybridized carbons (Fsp3) is 0.240. The SMILES string of the molecule is COc1cc(O)c(C(=O)CCc2ccc(O)cc2)c2c1CC[C@H](c1ccc(O)cc1)O2. The first kappa shape index (κ1) is 20.6. The maximum absolute atomic E-state index is 13.1. The lowest BCUT2D eigenvalue weighted by molar-refractivity contribution is 0.0967. The molecule has 0 saturated carbocycles. The number of aryl methyl sites for hydroxylation is 1. The van der Waals surface area contributed by atoms with Crippen LogP contribution in [0.1, 0.15) is 46.0 Å². The predicted octanol–water partition coefficient (Wildman–Crippen LogP) is 4.69. The van der Waals surface area contributed by atoms with Crippen LogP contribution in [-0.2, 0) is 12.8 Å². The van der Waals surface area contributed by atoms with E-state index < -0.39 is 0 Å². The van der Waals surface area contributed by atoms with Gasteiger partial charge in [-0.05, 0) is 54.7 Å². The molecule has 3 aromatic rings. The highest BCUT2D eigenvalue weighted by Crippen LogP contribution is 2.46. The number of hydrogen-bond acceptors (Lipinski definition) is 6. The number of phenolic OH excluding ortho intramolecular Hbond substituents is 3. The van der Waals surface area contributed by atoms with Crippen LogP contribution < -0.4 is 9.47 Å². The molecule has 0 aromatic heterocycles. The van der Waals surface area contributed by atoms with Gasteiger partial charge in [-0.1, -0.05) is 24.3 Å². The van der Waals surface area contributed by atoms with Gasteiger partial charge in [0.05, 0.1) is 7.11 Å². The minimum Gasteiger partial charge on any atom is -0.508 e. The Hall–Kier alpha value is -3.67. The molecule has 6 heteroatoms. The third-order valence-electron chi connectivity index (χ3n) is 5.58. The number of aromatic hydroxyl groups is 3. The third kappa shape index (κ3) is 4.28. The molecule has 4 rings (SSSR count). The van der Waals surface area contributed by atoms with Crippen molar-refractivity contribution in [1.29, 1.82) is 0 Å². The van der Waals surface area contributed by atoms with Crippen LogP contribution in [0.2, 0.25) is 0 Å². The summed E-state index contributed by atoms with van der Waals surface area (Å²) < 4.78 is 11.6. The summed E-state index contributed by atoms with van der Waals surface area (Å²) >= 11 is 0. The van der Waals surface area contributed by atoms with Crippen LogP contribution in [0.3, 0.4) is 0 Å². The monoisotopic (exact) mass is 420 g/mol.